The molecule has 1 aromatic rings. The first-order valence-corrected chi connectivity index (χ1v) is 7.08. The summed E-state index contributed by atoms with van der Waals surface area (Å²) in [4.78, 5) is 27.5. The second-order valence-electron chi connectivity index (χ2n) is 5.67. The van der Waals surface area contributed by atoms with Gasteiger partial charge in [-0.25, -0.2) is 4.79 Å². The average Bonchev–Trinajstić information content (AvgIpc) is 2.79. The van der Waals surface area contributed by atoms with E-state index in [0.717, 1.165) is 0 Å². The normalized spacial score (nSPS) is 25.3. The lowest BCUT2D eigenvalue weighted by Crippen LogP contribution is -2.29. The molecule has 0 aliphatic carbocycles. The number of nitrogens with zero attached hydrogens (tertiary/aromatic N) is 2. The summed E-state index contributed by atoms with van der Waals surface area (Å²) >= 11 is 0. The zero-order chi connectivity index (χ0) is 15.6. The van der Waals surface area contributed by atoms with Crippen LogP contribution in [0.4, 0.5) is 5.82 Å². The van der Waals surface area contributed by atoms with Gasteiger partial charge in [0.05, 0.1) is 12.7 Å². The predicted molar refractivity (Wildman–Crippen MR) is 76.7 cm³/mol. The number of carbonyl (C=O) groups is 1. The molecule has 0 saturated carbocycles. The maximum absolute atomic E-state index is 12.0. The molecule has 1 fully saturated rings. The van der Waals surface area contributed by atoms with Crippen LogP contribution >= 0.6 is 0 Å². The van der Waals surface area contributed by atoms with Gasteiger partial charge in [0.15, 0.2) is 0 Å². The largest absolute Gasteiger partial charge is 0.394 e. The first kappa shape index (κ1) is 15.7. The molecule has 2 N–H and O–H groups in total. The standard InChI is InChI=1S/C14H21N3O4/c1-8(2)13(19)15-11-4-5-17(14(20)16-11)12-6-9(3)10(7-18)21-12/h4-5,8-10,12,18H,6-7H2,1-3H3,(H,15,16,19,20)/t9-,10-,12-/m1/s1. The first-order chi connectivity index (χ1) is 9.92. The van der Waals surface area contributed by atoms with Crippen LogP contribution in [0.1, 0.15) is 33.4 Å². The number of rotatable bonds is 4. The molecule has 21 heavy (non-hydrogen) atoms. The topological polar surface area (TPSA) is 93.5 Å². The van der Waals surface area contributed by atoms with Crippen molar-refractivity contribution in [2.45, 2.75) is 39.5 Å². The average molecular weight is 295 g/mol. The lowest BCUT2D eigenvalue weighted by molar-refractivity contribution is -0.118. The fraction of sp³-hybridized carbons (Fsp3) is 0.643. The SMILES string of the molecule is CC(C)C(=O)Nc1ccn([C@H]2C[C@@H](C)[C@@H](CO)O2)c(=O)n1. The van der Waals surface area contributed by atoms with E-state index in [-0.39, 0.29) is 36.3 Å². The molecule has 7 nitrogen and oxygen atoms in total. The molecule has 2 rings (SSSR count). The summed E-state index contributed by atoms with van der Waals surface area (Å²) in [5.41, 5.74) is -0.479. The Bertz CT molecular complexity index is 570. The van der Waals surface area contributed by atoms with Crippen LogP contribution in [0, 0.1) is 11.8 Å². The van der Waals surface area contributed by atoms with Gasteiger partial charge in [-0.15, -0.1) is 0 Å². The molecular weight excluding hydrogens is 274 g/mol. The Hall–Kier alpha value is -1.73. The zero-order valence-corrected chi connectivity index (χ0v) is 12.4. The van der Waals surface area contributed by atoms with Gasteiger partial charge in [-0.1, -0.05) is 20.8 Å². The van der Waals surface area contributed by atoms with Crippen molar-refractivity contribution >= 4 is 11.7 Å². The Morgan fingerprint density at radius 2 is 2.33 bits per heavy atom. The summed E-state index contributed by atoms with van der Waals surface area (Å²) in [6.07, 6.45) is 1.52. The summed E-state index contributed by atoms with van der Waals surface area (Å²) < 4.78 is 7.02. The number of aromatic nitrogens is 2. The monoisotopic (exact) mass is 295 g/mol. The fourth-order valence-corrected chi connectivity index (χ4v) is 2.24. The van der Waals surface area contributed by atoms with Crippen molar-refractivity contribution in [2.75, 3.05) is 11.9 Å². The van der Waals surface area contributed by atoms with Crippen molar-refractivity contribution < 1.29 is 14.6 Å². The van der Waals surface area contributed by atoms with Crippen LogP contribution in [0.5, 0.6) is 0 Å². The maximum atomic E-state index is 12.0. The van der Waals surface area contributed by atoms with Crippen LogP contribution in [-0.4, -0.2) is 33.3 Å². The molecule has 7 heteroatoms. The van der Waals surface area contributed by atoms with Gasteiger partial charge in [-0.05, 0) is 18.4 Å². The summed E-state index contributed by atoms with van der Waals surface area (Å²) in [6.45, 7) is 5.43. The van der Waals surface area contributed by atoms with Crippen molar-refractivity contribution in [1.82, 2.24) is 9.55 Å². The van der Waals surface area contributed by atoms with Gasteiger partial charge in [0.2, 0.25) is 5.91 Å². The quantitative estimate of drug-likeness (QED) is 0.855. The van der Waals surface area contributed by atoms with E-state index in [9.17, 15) is 14.7 Å². The van der Waals surface area contributed by atoms with Gasteiger partial charge in [0.1, 0.15) is 12.0 Å². The highest BCUT2D eigenvalue weighted by atomic mass is 16.5. The number of amides is 1. The Morgan fingerprint density at radius 1 is 1.62 bits per heavy atom. The minimum atomic E-state index is -0.479. The third kappa shape index (κ3) is 3.48. The predicted octanol–water partition coefficient (Wildman–Crippen LogP) is 0.754. The van der Waals surface area contributed by atoms with Crippen LogP contribution in [0.3, 0.4) is 0 Å². The Balaban J connectivity index is 2.13. The van der Waals surface area contributed by atoms with E-state index in [0.29, 0.717) is 6.42 Å². The third-order valence-corrected chi connectivity index (χ3v) is 3.64. The molecule has 0 aromatic carbocycles. The molecule has 0 spiro atoms. The van der Waals surface area contributed by atoms with E-state index in [4.69, 9.17) is 4.74 Å². The van der Waals surface area contributed by atoms with E-state index in [1.165, 1.54) is 4.57 Å². The smallest absolute Gasteiger partial charge is 0.351 e. The van der Waals surface area contributed by atoms with Gasteiger partial charge in [-0.3, -0.25) is 9.36 Å². The minimum absolute atomic E-state index is 0.0671. The highest BCUT2D eigenvalue weighted by Gasteiger charge is 2.33. The van der Waals surface area contributed by atoms with E-state index in [2.05, 4.69) is 10.3 Å². The number of aliphatic hydroxyl groups is 1. The van der Waals surface area contributed by atoms with E-state index >= 15 is 0 Å². The lowest BCUT2D eigenvalue weighted by Gasteiger charge is -2.15. The van der Waals surface area contributed by atoms with Crippen LogP contribution in [0.2, 0.25) is 0 Å². The van der Waals surface area contributed by atoms with Crippen molar-refractivity contribution in [3.63, 3.8) is 0 Å². The van der Waals surface area contributed by atoms with Gasteiger partial charge in [0, 0.05) is 12.1 Å². The van der Waals surface area contributed by atoms with Crippen LogP contribution < -0.4 is 11.0 Å². The van der Waals surface area contributed by atoms with Crippen molar-refractivity contribution in [3.8, 4) is 0 Å². The summed E-state index contributed by atoms with van der Waals surface area (Å²) in [6, 6.07) is 1.57. The number of hydrogen-bond donors (Lipinski definition) is 2. The molecule has 2 heterocycles. The zero-order valence-electron chi connectivity index (χ0n) is 12.4. The molecule has 3 atom stereocenters. The molecular formula is C14H21N3O4. The number of carbonyl (C=O) groups excluding carboxylic acids is 1. The third-order valence-electron chi connectivity index (χ3n) is 3.64. The van der Waals surface area contributed by atoms with Gasteiger partial charge in [-0.2, -0.15) is 4.98 Å². The number of ether oxygens (including phenoxy) is 1. The van der Waals surface area contributed by atoms with E-state index in [1.807, 2.05) is 6.92 Å². The molecule has 1 aromatic heterocycles. The Morgan fingerprint density at radius 3 is 2.86 bits per heavy atom. The second-order valence-corrected chi connectivity index (χ2v) is 5.67. The lowest BCUT2D eigenvalue weighted by atomic mass is 10.0. The highest BCUT2D eigenvalue weighted by molar-refractivity contribution is 5.90. The molecule has 1 amide bonds. The number of hydrogen-bond acceptors (Lipinski definition) is 5. The minimum Gasteiger partial charge on any atom is -0.394 e. The van der Waals surface area contributed by atoms with E-state index < -0.39 is 11.9 Å². The Labute approximate surface area is 123 Å². The van der Waals surface area contributed by atoms with Crippen molar-refractivity contribution in [2.24, 2.45) is 11.8 Å². The maximum Gasteiger partial charge on any atom is 0.351 e. The first-order valence-electron chi connectivity index (χ1n) is 7.08. The molecule has 1 saturated heterocycles. The number of aliphatic hydroxyl groups excluding tert-OH is 1. The molecule has 116 valence electrons. The van der Waals surface area contributed by atoms with E-state index in [1.54, 1.807) is 26.1 Å². The number of anilines is 1. The van der Waals surface area contributed by atoms with Crippen molar-refractivity contribution in [3.05, 3.63) is 22.7 Å². The summed E-state index contributed by atoms with van der Waals surface area (Å²) in [5.74, 6) is 0.0382. The van der Waals surface area contributed by atoms with Gasteiger partial charge < -0.3 is 15.2 Å². The van der Waals surface area contributed by atoms with Crippen molar-refractivity contribution in [1.29, 1.82) is 0 Å². The molecule has 0 bridgehead atoms. The fourth-order valence-electron chi connectivity index (χ4n) is 2.24. The number of nitrogens with one attached hydrogen (secondary N) is 1. The van der Waals surface area contributed by atoms with Crippen LogP contribution in [0.15, 0.2) is 17.1 Å². The summed E-state index contributed by atoms with van der Waals surface area (Å²) in [5, 5.41) is 11.8. The van der Waals surface area contributed by atoms with Crippen LogP contribution in [-0.2, 0) is 9.53 Å². The van der Waals surface area contributed by atoms with Gasteiger partial charge in [0.25, 0.3) is 0 Å². The Kier molecular flexibility index (Phi) is 4.74. The molecule has 1 aliphatic rings. The summed E-state index contributed by atoms with van der Waals surface area (Å²) in [7, 11) is 0. The molecule has 1 aliphatic heterocycles. The highest BCUT2D eigenvalue weighted by Crippen LogP contribution is 2.31. The van der Waals surface area contributed by atoms with Crippen LogP contribution in [0.25, 0.3) is 0 Å². The molecule has 0 unspecified atom stereocenters. The second kappa shape index (κ2) is 6.36. The van der Waals surface area contributed by atoms with Gasteiger partial charge >= 0.3 is 5.69 Å². The molecule has 0 radical (unpaired) electrons.